The SMILES string of the molecule is CCN(CC)c1noc(-c2cc(N)cc(C)c2C)n1. The van der Waals surface area contributed by atoms with Crippen molar-refractivity contribution in [2.24, 2.45) is 0 Å². The molecule has 1 aromatic heterocycles. The van der Waals surface area contributed by atoms with Crippen molar-refractivity contribution >= 4 is 11.6 Å². The lowest BCUT2D eigenvalue weighted by Gasteiger charge is -2.14. The second kappa shape index (κ2) is 5.30. The van der Waals surface area contributed by atoms with E-state index in [0.717, 1.165) is 29.8 Å². The first-order valence-electron chi connectivity index (χ1n) is 6.52. The van der Waals surface area contributed by atoms with Gasteiger partial charge in [0, 0.05) is 24.3 Å². The largest absolute Gasteiger partial charge is 0.399 e. The lowest BCUT2D eigenvalue weighted by Crippen LogP contribution is -2.22. The minimum Gasteiger partial charge on any atom is -0.399 e. The summed E-state index contributed by atoms with van der Waals surface area (Å²) in [5, 5.41) is 4.03. The number of nitrogens with two attached hydrogens (primary N) is 1. The smallest absolute Gasteiger partial charge is 0.266 e. The Hall–Kier alpha value is -2.04. The van der Waals surface area contributed by atoms with E-state index >= 15 is 0 Å². The summed E-state index contributed by atoms with van der Waals surface area (Å²) < 4.78 is 5.37. The van der Waals surface area contributed by atoms with E-state index < -0.39 is 0 Å². The Morgan fingerprint density at radius 1 is 1.21 bits per heavy atom. The average molecular weight is 260 g/mol. The van der Waals surface area contributed by atoms with Crippen LogP contribution in [0.15, 0.2) is 16.7 Å². The van der Waals surface area contributed by atoms with E-state index in [0.29, 0.717) is 17.5 Å². The predicted octanol–water partition coefficient (Wildman–Crippen LogP) is 2.78. The maximum absolute atomic E-state index is 5.88. The molecule has 0 amide bonds. The number of rotatable bonds is 4. The predicted molar refractivity (Wildman–Crippen MR) is 77.2 cm³/mol. The van der Waals surface area contributed by atoms with Crippen LogP contribution in [0.3, 0.4) is 0 Å². The van der Waals surface area contributed by atoms with Gasteiger partial charge >= 0.3 is 0 Å². The Kier molecular flexibility index (Phi) is 3.74. The molecule has 0 saturated carbocycles. The van der Waals surface area contributed by atoms with Crippen molar-refractivity contribution in [3.63, 3.8) is 0 Å². The Morgan fingerprint density at radius 3 is 2.53 bits per heavy atom. The highest BCUT2D eigenvalue weighted by molar-refractivity contribution is 5.67. The van der Waals surface area contributed by atoms with E-state index in [1.807, 2.05) is 30.9 Å². The lowest BCUT2D eigenvalue weighted by molar-refractivity contribution is 0.429. The molecule has 102 valence electrons. The Morgan fingerprint density at radius 2 is 1.89 bits per heavy atom. The Balaban J connectivity index is 2.43. The summed E-state index contributed by atoms with van der Waals surface area (Å²) in [6, 6.07) is 3.82. The van der Waals surface area contributed by atoms with Crippen LogP contribution in [0, 0.1) is 13.8 Å². The number of hydrogen-bond donors (Lipinski definition) is 1. The molecule has 2 N–H and O–H groups in total. The molecule has 5 nitrogen and oxygen atoms in total. The third-order valence-electron chi connectivity index (χ3n) is 3.38. The second-order valence-corrected chi connectivity index (χ2v) is 4.58. The third-order valence-corrected chi connectivity index (χ3v) is 3.38. The number of nitrogens with zero attached hydrogens (tertiary/aromatic N) is 3. The zero-order valence-electron chi connectivity index (χ0n) is 11.9. The van der Waals surface area contributed by atoms with Crippen molar-refractivity contribution in [2.45, 2.75) is 27.7 Å². The molecule has 0 aliphatic carbocycles. The zero-order chi connectivity index (χ0) is 14.0. The van der Waals surface area contributed by atoms with Crippen molar-refractivity contribution in [3.05, 3.63) is 23.3 Å². The van der Waals surface area contributed by atoms with Crippen molar-refractivity contribution in [2.75, 3.05) is 23.7 Å². The van der Waals surface area contributed by atoms with Gasteiger partial charge in [-0.2, -0.15) is 4.98 Å². The molecular formula is C14H20N4O. The molecule has 0 spiro atoms. The summed E-state index contributed by atoms with van der Waals surface area (Å²) in [7, 11) is 0. The monoisotopic (exact) mass is 260 g/mol. The molecule has 1 heterocycles. The molecule has 0 unspecified atom stereocenters. The fourth-order valence-corrected chi connectivity index (χ4v) is 2.07. The van der Waals surface area contributed by atoms with Gasteiger partial charge in [0.1, 0.15) is 0 Å². The van der Waals surface area contributed by atoms with Gasteiger partial charge in [0.05, 0.1) is 0 Å². The molecule has 1 aromatic carbocycles. The molecule has 2 rings (SSSR count). The van der Waals surface area contributed by atoms with Crippen molar-refractivity contribution < 1.29 is 4.52 Å². The molecule has 0 radical (unpaired) electrons. The summed E-state index contributed by atoms with van der Waals surface area (Å²) in [6.07, 6.45) is 0. The summed E-state index contributed by atoms with van der Waals surface area (Å²) in [4.78, 5) is 6.50. The van der Waals surface area contributed by atoms with Gasteiger partial charge in [0.2, 0.25) is 0 Å². The van der Waals surface area contributed by atoms with Crippen LogP contribution < -0.4 is 10.6 Å². The fourth-order valence-electron chi connectivity index (χ4n) is 2.07. The molecule has 0 bridgehead atoms. The van der Waals surface area contributed by atoms with Gasteiger partial charge in [0.25, 0.3) is 11.8 Å². The summed E-state index contributed by atoms with van der Waals surface area (Å²) in [5.41, 5.74) is 9.74. The van der Waals surface area contributed by atoms with Crippen LogP contribution in [0.4, 0.5) is 11.6 Å². The molecule has 0 fully saturated rings. The molecule has 0 aliphatic rings. The van der Waals surface area contributed by atoms with Crippen LogP contribution in [0.25, 0.3) is 11.5 Å². The molecule has 0 aliphatic heterocycles. The summed E-state index contributed by atoms with van der Waals surface area (Å²) in [6.45, 7) is 9.89. The van der Waals surface area contributed by atoms with Gasteiger partial charge in [-0.25, -0.2) is 0 Å². The van der Waals surface area contributed by atoms with Crippen LogP contribution >= 0.6 is 0 Å². The third kappa shape index (κ3) is 2.54. The summed E-state index contributed by atoms with van der Waals surface area (Å²) >= 11 is 0. The van der Waals surface area contributed by atoms with E-state index in [2.05, 4.69) is 24.0 Å². The van der Waals surface area contributed by atoms with Gasteiger partial charge in [-0.15, -0.1) is 0 Å². The standard InChI is InChI=1S/C14H20N4O/c1-5-18(6-2)14-16-13(19-17-14)12-8-11(15)7-9(3)10(12)4/h7-8H,5-6,15H2,1-4H3. The Labute approximate surface area is 113 Å². The highest BCUT2D eigenvalue weighted by Gasteiger charge is 2.15. The van der Waals surface area contributed by atoms with Crippen molar-refractivity contribution in [1.82, 2.24) is 10.1 Å². The minimum absolute atomic E-state index is 0.523. The number of nitrogen functional groups attached to an aromatic ring is 1. The number of aryl methyl sites for hydroxylation is 1. The number of anilines is 2. The van der Waals surface area contributed by atoms with Gasteiger partial charge in [0.15, 0.2) is 0 Å². The van der Waals surface area contributed by atoms with Crippen LogP contribution in [0.2, 0.25) is 0 Å². The second-order valence-electron chi connectivity index (χ2n) is 4.58. The van der Waals surface area contributed by atoms with E-state index in [-0.39, 0.29) is 0 Å². The van der Waals surface area contributed by atoms with Crippen LogP contribution in [-0.4, -0.2) is 23.2 Å². The first kappa shape index (κ1) is 13.4. The van der Waals surface area contributed by atoms with Gasteiger partial charge < -0.3 is 15.2 Å². The average Bonchev–Trinajstić information content (AvgIpc) is 2.85. The first-order valence-corrected chi connectivity index (χ1v) is 6.52. The van der Waals surface area contributed by atoms with Crippen LogP contribution in [0.5, 0.6) is 0 Å². The van der Waals surface area contributed by atoms with Gasteiger partial charge in [-0.1, -0.05) is 0 Å². The molecule has 0 atom stereocenters. The number of aromatic nitrogens is 2. The molecular weight excluding hydrogens is 240 g/mol. The highest BCUT2D eigenvalue weighted by Crippen LogP contribution is 2.28. The minimum atomic E-state index is 0.523. The zero-order valence-corrected chi connectivity index (χ0v) is 11.9. The fraction of sp³-hybridized carbons (Fsp3) is 0.429. The maximum atomic E-state index is 5.88. The Bertz CT molecular complexity index is 573. The lowest BCUT2D eigenvalue weighted by atomic mass is 10.0. The first-order chi connectivity index (χ1) is 9.06. The van der Waals surface area contributed by atoms with Crippen LogP contribution in [-0.2, 0) is 0 Å². The van der Waals surface area contributed by atoms with Crippen molar-refractivity contribution in [1.29, 1.82) is 0 Å². The molecule has 0 saturated heterocycles. The summed E-state index contributed by atoms with van der Waals surface area (Å²) in [5.74, 6) is 1.15. The van der Waals surface area contributed by atoms with E-state index in [4.69, 9.17) is 10.3 Å². The normalized spacial score (nSPS) is 10.7. The number of hydrogen-bond acceptors (Lipinski definition) is 5. The topological polar surface area (TPSA) is 68.2 Å². The maximum Gasteiger partial charge on any atom is 0.266 e. The van der Waals surface area contributed by atoms with E-state index in [1.54, 1.807) is 0 Å². The molecule has 2 aromatic rings. The van der Waals surface area contributed by atoms with Crippen LogP contribution in [0.1, 0.15) is 25.0 Å². The van der Waals surface area contributed by atoms with Gasteiger partial charge in [-0.05, 0) is 56.1 Å². The van der Waals surface area contributed by atoms with Crippen molar-refractivity contribution in [3.8, 4) is 11.5 Å². The highest BCUT2D eigenvalue weighted by atomic mass is 16.5. The van der Waals surface area contributed by atoms with E-state index in [1.165, 1.54) is 0 Å². The van der Waals surface area contributed by atoms with E-state index in [9.17, 15) is 0 Å². The molecule has 5 heteroatoms. The van der Waals surface area contributed by atoms with Gasteiger partial charge in [-0.3, -0.25) is 0 Å². The number of benzene rings is 1. The quantitative estimate of drug-likeness (QED) is 0.856. The molecule has 19 heavy (non-hydrogen) atoms.